The number of aryl methyl sites for hydroxylation is 3. The Hall–Kier alpha value is -2.73. The first-order chi connectivity index (χ1) is 14.0. The van der Waals surface area contributed by atoms with Crippen molar-refractivity contribution >= 4 is 16.9 Å². The summed E-state index contributed by atoms with van der Waals surface area (Å²) in [5.74, 6) is 0.105. The Balaban J connectivity index is 1.59. The van der Waals surface area contributed by atoms with Crippen LogP contribution in [-0.4, -0.2) is 62.7 Å². The van der Waals surface area contributed by atoms with Crippen LogP contribution < -0.4 is 0 Å². The number of nitrogens with zero attached hydrogens (tertiary/aromatic N) is 5. The molecule has 5 rings (SSSR count). The van der Waals surface area contributed by atoms with E-state index in [1.54, 1.807) is 4.68 Å². The number of pyridine rings is 1. The molecule has 0 N–H and O–H groups in total. The van der Waals surface area contributed by atoms with Crippen molar-refractivity contribution in [3.05, 3.63) is 47.2 Å². The predicted molar refractivity (Wildman–Crippen MR) is 114 cm³/mol. The highest BCUT2D eigenvalue weighted by atomic mass is 16.2. The summed E-state index contributed by atoms with van der Waals surface area (Å²) >= 11 is 0. The lowest BCUT2D eigenvalue weighted by atomic mass is 10.0. The highest BCUT2D eigenvalue weighted by Gasteiger charge is 2.33. The predicted octanol–water partition coefficient (Wildman–Crippen LogP) is 3.17. The lowest BCUT2D eigenvalue weighted by Gasteiger charge is -2.37. The fraction of sp³-hybridized carbons (Fsp3) is 0.435. The molecule has 0 bridgehead atoms. The number of carbonyl (C=O) groups is 1. The van der Waals surface area contributed by atoms with Crippen molar-refractivity contribution in [1.82, 2.24) is 24.6 Å². The molecule has 1 atom stereocenters. The van der Waals surface area contributed by atoms with Gasteiger partial charge in [-0.1, -0.05) is 29.8 Å². The van der Waals surface area contributed by atoms with Gasteiger partial charge >= 0.3 is 0 Å². The van der Waals surface area contributed by atoms with Crippen LogP contribution in [0.1, 0.15) is 34.5 Å². The fourth-order valence-corrected chi connectivity index (χ4v) is 4.83. The van der Waals surface area contributed by atoms with Gasteiger partial charge in [0.15, 0.2) is 5.65 Å². The van der Waals surface area contributed by atoms with Crippen molar-refractivity contribution in [1.29, 1.82) is 0 Å². The average Bonchev–Trinajstić information content (AvgIpc) is 3.31. The van der Waals surface area contributed by atoms with Crippen molar-refractivity contribution in [2.24, 2.45) is 7.05 Å². The van der Waals surface area contributed by atoms with E-state index in [0.29, 0.717) is 6.04 Å². The molecule has 150 valence electrons. The zero-order chi connectivity index (χ0) is 20.1. The number of fused-ring (bicyclic) bond motifs is 2. The molecule has 2 aliphatic rings. The minimum Gasteiger partial charge on any atom is -0.336 e. The zero-order valence-electron chi connectivity index (χ0n) is 17.4. The second kappa shape index (κ2) is 6.95. The maximum atomic E-state index is 13.6. The molecule has 2 aliphatic heterocycles. The monoisotopic (exact) mass is 389 g/mol. The minimum atomic E-state index is 0.105. The largest absolute Gasteiger partial charge is 0.336 e. The summed E-state index contributed by atoms with van der Waals surface area (Å²) in [6, 6.07) is 10.8. The normalized spacial score (nSPS) is 19.7. The lowest BCUT2D eigenvalue weighted by Crippen LogP contribution is -2.52. The maximum Gasteiger partial charge on any atom is 0.254 e. The van der Waals surface area contributed by atoms with Gasteiger partial charge in [0.1, 0.15) is 0 Å². The van der Waals surface area contributed by atoms with E-state index in [1.807, 2.05) is 24.9 Å². The molecule has 1 aromatic carbocycles. The van der Waals surface area contributed by atoms with Crippen LogP contribution in [0.5, 0.6) is 0 Å². The highest BCUT2D eigenvalue weighted by Crippen LogP contribution is 2.29. The van der Waals surface area contributed by atoms with Gasteiger partial charge in [0.25, 0.3) is 5.91 Å². The number of rotatable bonds is 2. The number of hydrogen-bond donors (Lipinski definition) is 0. The number of carbonyl (C=O) groups excluding carboxylic acids is 1. The van der Waals surface area contributed by atoms with Crippen LogP contribution in [0.2, 0.25) is 0 Å². The molecule has 29 heavy (non-hydrogen) atoms. The Labute approximate surface area is 171 Å². The van der Waals surface area contributed by atoms with E-state index in [0.717, 1.165) is 53.2 Å². The first-order valence-electron chi connectivity index (χ1n) is 10.5. The number of amides is 1. The standard InChI is InChI=1S/C23H27N5O/c1-15-6-8-17(9-7-15)20-13-19(21-16(2)25-26(3)22(21)24-20)23(29)28-12-11-27-10-4-5-18(27)14-28/h6-9,13,18H,4-5,10-12,14H2,1-3H3/t18-/m0/s1. The van der Waals surface area contributed by atoms with E-state index in [4.69, 9.17) is 4.98 Å². The highest BCUT2D eigenvalue weighted by molar-refractivity contribution is 6.07. The average molecular weight is 390 g/mol. The molecule has 0 aliphatic carbocycles. The van der Waals surface area contributed by atoms with Gasteiger partial charge in [0.2, 0.25) is 0 Å². The van der Waals surface area contributed by atoms with Gasteiger partial charge in [-0.3, -0.25) is 14.4 Å². The van der Waals surface area contributed by atoms with Gasteiger partial charge in [-0.25, -0.2) is 4.98 Å². The fourth-order valence-electron chi connectivity index (χ4n) is 4.83. The maximum absolute atomic E-state index is 13.6. The van der Waals surface area contributed by atoms with Crippen molar-refractivity contribution in [2.75, 3.05) is 26.2 Å². The van der Waals surface area contributed by atoms with E-state index >= 15 is 0 Å². The van der Waals surface area contributed by atoms with Crippen molar-refractivity contribution in [2.45, 2.75) is 32.7 Å². The van der Waals surface area contributed by atoms with Gasteiger partial charge in [-0.05, 0) is 39.3 Å². The summed E-state index contributed by atoms with van der Waals surface area (Å²) in [6.07, 6.45) is 2.43. The van der Waals surface area contributed by atoms with E-state index in [9.17, 15) is 4.79 Å². The molecule has 6 heteroatoms. The summed E-state index contributed by atoms with van der Waals surface area (Å²) in [6.45, 7) is 7.79. The topological polar surface area (TPSA) is 54.3 Å². The van der Waals surface area contributed by atoms with Crippen molar-refractivity contribution < 1.29 is 4.79 Å². The van der Waals surface area contributed by atoms with Crippen molar-refractivity contribution in [3.8, 4) is 11.3 Å². The first kappa shape index (κ1) is 18.3. The van der Waals surface area contributed by atoms with Crippen LogP contribution in [0.25, 0.3) is 22.3 Å². The third-order valence-corrected chi connectivity index (χ3v) is 6.42. The number of benzene rings is 1. The van der Waals surface area contributed by atoms with Crippen LogP contribution in [0.3, 0.4) is 0 Å². The van der Waals surface area contributed by atoms with Gasteiger partial charge in [0.05, 0.1) is 22.3 Å². The Morgan fingerprint density at radius 2 is 1.90 bits per heavy atom. The van der Waals surface area contributed by atoms with Crippen LogP contribution >= 0.6 is 0 Å². The Kier molecular flexibility index (Phi) is 4.39. The van der Waals surface area contributed by atoms with Crippen LogP contribution in [0.15, 0.2) is 30.3 Å². The molecule has 2 fully saturated rings. The molecule has 0 saturated carbocycles. The van der Waals surface area contributed by atoms with Gasteiger partial charge in [0, 0.05) is 38.3 Å². The lowest BCUT2D eigenvalue weighted by molar-refractivity contribution is 0.0573. The minimum absolute atomic E-state index is 0.105. The quantitative estimate of drug-likeness (QED) is 0.676. The first-order valence-corrected chi connectivity index (χ1v) is 10.5. The second-order valence-corrected chi connectivity index (χ2v) is 8.41. The van der Waals surface area contributed by atoms with Crippen molar-refractivity contribution in [3.63, 3.8) is 0 Å². The SMILES string of the molecule is Cc1ccc(-c2cc(C(=O)N3CCN4CCC[C@H]4C3)c3c(C)nn(C)c3n2)cc1. The molecule has 0 radical (unpaired) electrons. The Bertz CT molecular complexity index is 1080. The number of piperazine rings is 1. The molecule has 1 amide bonds. The molecular weight excluding hydrogens is 362 g/mol. The van der Waals surface area contributed by atoms with E-state index in [-0.39, 0.29) is 5.91 Å². The van der Waals surface area contributed by atoms with E-state index in [2.05, 4.69) is 41.2 Å². The summed E-state index contributed by atoms with van der Waals surface area (Å²) in [4.78, 5) is 23.1. The van der Waals surface area contributed by atoms with Gasteiger partial charge < -0.3 is 4.90 Å². The number of aromatic nitrogens is 3. The molecule has 4 heterocycles. The molecule has 3 aromatic rings. The summed E-state index contributed by atoms with van der Waals surface area (Å²) < 4.78 is 1.79. The van der Waals surface area contributed by atoms with Gasteiger partial charge in [-0.2, -0.15) is 5.10 Å². The number of hydrogen-bond acceptors (Lipinski definition) is 4. The third kappa shape index (κ3) is 3.12. The summed E-state index contributed by atoms with van der Waals surface area (Å²) in [5, 5.41) is 5.43. The molecule has 2 saturated heterocycles. The van der Waals surface area contributed by atoms with Gasteiger partial charge in [-0.15, -0.1) is 0 Å². The smallest absolute Gasteiger partial charge is 0.254 e. The molecule has 0 spiro atoms. The summed E-state index contributed by atoms with van der Waals surface area (Å²) in [7, 11) is 1.90. The zero-order valence-corrected chi connectivity index (χ0v) is 17.4. The molecular formula is C23H27N5O. The third-order valence-electron chi connectivity index (χ3n) is 6.42. The molecule has 0 unspecified atom stereocenters. The van der Waals surface area contributed by atoms with Crippen LogP contribution in [0.4, 0.5) is 0 Å². The Morgan fingerprint density at radius 3 is 2.69 bits per heavy atom. The van der Waals surface area contributed by atoms with E-state index in [1.165, 1.54) is 24.9 Å². The Morgan fingerprint density at radius 1 is 1.10 bits per heavy atom. The molecule has 2 aromatic heterocycles. The second-order valence-electron chi connectivity index (χ2n) is 8.41. The van der Waals surface area contributed by atoms with Crippen LogP contribution in [0, 0.1) is 13.8 Å². The van der Waals surface area contributed by atoms with E-state index < -0.39 is 0 Å². The molecule has 6 nitrogen and oxygen atoms in total. The summed E-state index contributed by atoms with van der Waals surface area (Å²) in [5.41, 5.74) is 5.39. The van der Waals surface area contributed by atoms with Crippen LogP contribution in [-0.2, 0) is 7.05 Å².